The molecule has 0 atom stereocenters. The Hall–Kier alpha value is -2.92. The van der Waals surface area contributed by atoms with Gasteiger partial charge in [0, 0.05) is 30.0 Å². The van der Waals surface area contributed by atoms with Crippen LogP contribution in [0.15, 0.2) is 18.5 Å². The van der Waals surface area contributed by atoms with Gasteiger partial charge in [-0.3, -0.25) is 10.6 Å². The Morgan fingerprint density at radius 2 is 2.17 bits per heavy atom. The molecule has 8 nitrogen and oxygen atoms in total. The minimum absolute atomic E-state index is 0.0719. The summed E-state index contributed by atoms with van der Waals surface area (Å²) in [5, 5.41) is 29.6. The molecule has 0 bridgehead atoms. The Bertz CT molecular complexity index is 1070. The fraction of sp³-hybridized carbons (Fsp3) is 0.524. The molecule has 8 heteroatoms. The van der Waals surface area contributed by atoms with Crippen LogP contribution in [0.25, 0.3) is 22.1 Å². The van der Waals surface area contributed by atoms with Gasteiger partial charge in [-0.05, 0) is 37.7 Å². The molecule has 1 fully saturated rings. The van der Waals surface area contributed by atoms with Crippen molar-refractivity contribution in [2.75, 3.05) is 0 Å². The van der Waals surface area contributed by atoms with E-state index in [1.165, 1.54) is 0 Å². The number of rotatable bonds is 5. The first-order chi connectivity index (χ1) is 14.0. The van der Waals surface area contributed by atoms with Crippen molar-refractivity contribution in [2.24, 2.45) is 11.8 Å². The van der Waals surface area contributed by atoms with Crippen LogP contribution in [0.2, 0.25) is 0 Å². The lowest BCUT2D eigenvalue weighted by molar-refractivity contribution is -0.0317. The van der Waals surface area contributed by atoms with Crippen molar-refractivity contribution in [1.82, 2.24) is 24.6 Å². The van der Waals surface area contributed by atoms with E-state index >= 15 is 0 Å². The van der Waals surface area contributed by atoms with E-state index in [-0.39, 0.29) is 24.3 Å². The first kappa shape index (κ1) is 19.4. The SMILES string of the molecule is CC(C)C(=N)N(O)Cc1nc2cnc3[nH]ccc3c2n1[C@H]1CC[C@H](CC#N)CC1. The second-order valence-electron chi connectivity index (χ2n) is 8.26. The molecule has 3 N–H and O–H groups in total. The normalized spacial score (nSPS) is 19.7. The average Bonchev–Trinajstić information content (AvgIpc) is 3.32. The lowest BCUT2D eigenvalue weighted by Crippen LogP contribution is -2.32. The van der Waals surface area contributed by atoms with E-state index in [0.29, 0.717) is 12.3 Å². The van der Waals surface area contributed by atoms with Gasteiger partial charge in [0.2, 0.25) is 0 Å². The smallest absolute Gasteiger partial charge is 0.139 e. The number of nitrogens with zero attached hydrogens (tertiary/aromatic N) is 5. The van der Waals surface area contributed by atoms with E-state index in [2.05, 4.69) is 20.6 Å². The maximum absolute atomic E-state index is 10.5. The third-order valence-electron chi connectivity index (χ3n) is 5.98. The summed E-state index contributed by atoms with van der Waals surface area (Å²) in [6.07, 6.45) is 8.26. The molecule has 1 aliphatic carbocycles. The van der Waals surface area contributed by atoms with Gasteiger partial charge in [0.1, 0.15) is 29.4 Å². The quantitative estimate of drug-likeness (QED) is 0.338. The molecule has 0 radical (unpaired) electrons. The Morgan fingerprint density at radius 1 is 1.41 bits per heavy atom. The number of pyridine rings is 1. The van der Waals surface area contributed by atoms with Gasteiger partial charge >= 0.3 is 0 Å². The second kappa shape index (κ2) is 7.84. The molecule has 0 amide bonds. The van der Waals surface area contributed by atoms with Gasteiger partial charge in [-0.2, -0.15) is 5.26 Å². The van der Waals surface area contributed by atoms with Crippen molar-refractivity contribution in [1.29, 1.82) is 10.7 Å². The van der Waals surface area contributed by atoms with Crippen LogP contribution >= 0.6 is 0 Å². The van der Waals surface area contributed by atoms with Crippen molar-refractivity contribution >= 4 is 27.9 Å². The maximum Gasteiger partial charge on any atom is 0.139 e. The number of hydrogen-bond donors (Lipinski definition) is 3. The molecule has 3 aromatic heterocycles. The second-order valence-corrected chi connectivity index (χ2v) is 8.26. The number of aromatic nitrogens is 4. The monoisotopic (exact) mass is 393 g/mol. The molecule has 29 heavy (non-hydrogen) atoms. The molecule has 152 valence electrons. The predicted octanol–water partition coefficient (Wildman–Crippen LogP) is 4.38. The minimum atomic E-state index is -0.0719. The number of hydroxylamine groups is 2. The van der Waals surface area contributed by atoms with Crippen LogP contribution in [-0.4, -0.2) is 35.6 Å². The van der Waals surface area contributed by atoms with Gasteiger partial charge in [0.15, 0.2) is 0 Å². The summed E-state index contributed by atoms with van der Waals surface area (Å²) in [6.45, 7) is 3.94. The Kier molecular flexibility index (Phi) is 5.24. The molecule has 1 saturated carbocycles. The predicted molar refractivity (Wildman–Crippen MR) is 111 cm³/mol. The lowest BCUT2D eigenvalue weighted by Gasteiger charge is -2.30. The summed E-state index contributed by atoms with van der Waals surface area (Å²) >= 11 is 0. The summed E-state index contributed by atoms with van der Waals surface area (Å²) in [7, 11) is 0. The van der Waals surface area contributed by atoms with E-state index in [4.69, 9.17) is 15.7 Å². The molecule has 0 unspecified atom stereocenters. The van der Waals surface area contributed by atoms with Crippen LogP contribution in [0.1, 0.15) is 57.8 Å². The van der Waals surface area contributed by atoms with Crippen molar-refractivity contribution in [3.63, 3.8) is 0 Å². The molecule has 3 heterocycles. The number of fused-ring (bicyclic) bond motifs is 3. The zero-order valence-corrected chi connectivity index (χ0v) is 16.9. The third kappa shape index (κ3) is 3.58. The topological polar surface area (TPSA) is 118 Å². The van der Waals surface area contributed by atoms with Crippen molar-refractivity contribution < 1.29 is 5.21 Å². The lowest BCUT2D eigenvalue weighted by atomic mass is 9.84. The first-order valence-electron chi connectivity index (χ1n) is 10.2. The van der Waals surface area contributed by atoms with E-state index in [1.807, 2.05) is 26.1 Å². The zero-order valence-electron chi connectivity index (χ0n) is 16.9. The van der Waals surface area contributed by atoms with Gasteiger partial charge in [-0.25, -0.2) is 15.0 Å². The van der Waals surface area contributed by atoms with Crippen LogP contribution in [0.5, 0.6) is 0 Å². The molecule has 0 spiro atoms. The molecule has 4 rings (SSSR count). The minimum Gasteiger partial charge on any atom is -0.346 e. The Labute approximate surface area is 169 Å². The largest absolute Gasteiger partial charge is 0.346 e. The fourth-order valence-corrected chi connectivity index (χ4v) is 4.40. The van der Waals surface area contributed by atoms with Crippen LogP contribution < -0.4 is 0 Å². The Morgan fingerprint density at radius 3 is 2.86 bits per heavy atom. The summed E-state index contributed by atoms with van der Waals surface area (Å²) < 4.78 is 2.24. The highest BCUT2D eigenvalue weighted by atomic mass is 16.5. The van der Waals surface area contributed by atoms with E-state index in [0.717, 1.165) is 58.6 Å². The summed E-state index contributed by atoms with van der Waals surface area (Å²) in [5.74, 6) is 1.31. The highest BCUT2D eigenvalue weighted by molar-refractivity contribution is 6.01. The van der Waals surface area contributed by atoms with E-state index < -0.39 is 0 Å². The van der Waals surface area contributed by atoms with Crippen LogP contribution in [0, 0.1) is 28.6 Å². The number of imidazole rings is 1. The number of nitriles is 1. The highest BCUT2D eigenvalue weighted by Crippen LogP contribution is 2.38. The molecule has 0 aromatic carbocycles. The number of H-pyrrole nitrogens is 1. The van der Waals surface area contributed by atoms with E-state index in [9.17, 15) is 5.21 Å². The zero-order chi connectivity index (χ0) is 20.5. The van der Waals surface area contributed by atoms with E-state index in [1.54, 1.807) is 6.20 Å². The van der Waals surface area contributed by atoms with Gasteiger partial charge in [-0.1, -0.05) is 13.8 Å². The third-order valence-corrected chi connectivity index (χ3v) is 5.98. The number of amidine groups is 1. The molecule has 3 aromatic rings. The maximum atomic E-state index is 10.5. The highest BCUT2D eigenvalue weighted by Gasteiger charge is 2.28. The van der Waals surface area contributed by atoms with Crippen LogP contribution in [0.3, 0.4) is 0 Å². The van der Waals surface area contributed by atoms with Gasteiger partial charge in [0.25, 0.3) is 0 Å². The molecular formula is C21H27N7O. The van der Waals surface area contributed by atoms with Crippen LogP contribution in [0.4, 0.5) is 0 Å². The van der Waals surface area contributed by atoms with Gasteiger partial charge in [-0.15, -0.1) is 0 Å². The van der Waals surface area contributed by atoms with Gasteiger partial charge < -0.3 is 9.55 Å². The number of nitrogens with one attached hydrogen (secondary N) is 2. The summed E-state index contributed by atoms with van der Waals surface area (Å²) in [6, 6.07) is 4.57. The summed E-state index contributed by atoms with van der Waals surface area (Å²) in [4.78, 5) is 12.4. The van der Waals surface area contributed by atoms with Crippen molar-refractivity contribution in [3.8, 4) is 6.07 Å². The number of hydrogen-bond acceptors (Lipinski definition) is 5. The summed E-state index contributed by atoms with van der Waals surface area (Å²) in [5.41, 5.74) is 2.65. The number of aromatic amines is 1. The molecule has 0 saturated heterocycles. The molecular weight excluding hydrogens is 366 g/mol. The van der Waals surface area contributed by atoms with Crippen molar-refractivity contribution in [3.05, 3.63) is 24.3 Å². The standard InChI is InChI=1S/C21H27N7O/c1-13(2)20(23)27(29)12-18-26-17-11-25-21-16(8-10-24-21)19(17)28(18)15-5-3-14(4-6-15)7-9-22/h8,10-11,13-15,23,29H,3-7,12H2,1-2H3,(H,24,25)/t14-,15-. The van der Waals surface area contributed by atoms with Crippen molar-refractivity contribution in [2.45, 2.75) is 58.5 Å². The molecule has 1 aliphatic rings. The van der Waals surface area contributed by atoms with Gasteiger partial charge in [0.05, 0.1) is 17.8 Å². The average molecular weight is 393 g/mol. The Balaban J connectivity index is 1.76. The molecule has 0 aliphatic heterocycles. The van der Waals surface area contributed by atoms with Crippen LogP contribution in [-0.2, 0) is 6.54 Å². The first-order valence-corrected chi connectivity index (χ1v) is 10.2. The fourth-order valence-electron chi connectivity index (χ4n) is 4.40.